The Morgan fingerprint density at radius 2 is 2.29 bits per heavy atom. The number of aromatic nitrogens is 2. The number of nitriles is 1. The molecule has 2 N–H and O–H groups in total. The van der Waals surface area contributed by atoms with E-state index in [2.05, 4.69) is 4.98 Å². The molecule has 0 amide bonds. The first kappa shape index (κ1) is 11.6. The van der Waals surface area contributed by atoms with Crippen molar-refractivity contribution >= 4 is 11.6 Å². The normalized spacial score (nSPS) is 12.1. The van der Waals surface area contributed by atoms with E-state index in [4.69, 9.17) is 22.6 Å². The van der Waals surface area contributed by atoms with Gasteiger partial charge in [0.1, 0.15) is 6.07 Å². The van der Waals surface area contributed by atoms with Crippen LogP contribution < -0.4 is 5.73 Å². The van der Waals surface area contributed by atoms with Crippen LogP contribution in [0.4, 0.5) is 0 Å². The molecule has 0 aliphatic heterocycles. The van der Waals surface area contributed by atoms with Gasteiger partial charge in [-0.2, -0.15) is 5.26 Å². The number of imidazole rings is 1. The van der Waals surface area contributed by atoms with Crippen molar-refractivity contribution in [3.63, 3.8) is 0 Å². The Bertz CT molecular complexity index is 580. The van der Waals surface area contributed by atoms with Gasteiger partial charge in [-0.25, -0.2) is 4.98 Å². The molecule has 2 rings (SSSR count). The molecule has 0 radical (unpaired) electrons. The van der Waals surface area contributed by atoms with Crippen molar-refractivity contribution in [3.05, 3.63) is 47.0 Å². The number of nitrogens with two attached hydrogens (primary N) is 1. The summed E-state index contributed by atoms with van der Waals surface area (Å²) in [6, 6.07) is 7.14. The van der Waals surface area contributed by atoms with E-state index in [1.807, 2.05) is 23.6 Å². The summed E-state index contributed by atoms with van der Waals surface area (Å²) < 4.78 is 1.86. The molecule has 5 heteroatoms. The van der Waals surface area contributed by atoms with Crippen LogP contribution in [0.3, 0.4) is 0 Å². The van der Waals surface area contributed by atoms with Gasteiger partial charge in [-0.3, -0.25) is 0 Å². The number of rotatable bonds is 2. The van der Waals surface area contributed by atoms with Crippen LogP contribution in [0.2, 0.25) is 5.02 Å². The second-order valence-corrected chi connectivity index (χ2v) is 4.16. The van der Waals surface area contributed by atoms with E-state index in [1.165, 1.54) is 0 Å². The van der Waals surface area contributed by atoms with Crippen LogP contribution in [0.15, 0.2) is 30.7 Å². The zero-order valence-electron chi connectivity index (χ0n) is 9.26. The van der Waals surface area contributed by atoms with Gasteiger partial charge >= 0.3 is 0 Å². The lowest BCUT2D eigenvalue weighted by atomic mass is 10.2. The van der Waals surface area contributed by atoms with Gasteiger partial charge in [-0.15, -0.1) is 0 Å². The lowest BCUT2D eigenvalue weighted by molar-refractivity contribution is 0.752. The summed E-state index contributed by atoms with van der Waals surface area (Å²) in [7, 11) is 0. The number of benzene rings is 1. The summed E-state index contributed by atoms with van der Waals surface area (Å²) in [5.41, 5.74) is 8.04. The second-order valence-electron chi connectivity index (χ2n) is 3.75. The maximum absolute atomic E-state index is 8.81. The van der Waals surface area contributed by atoms with Crippen molar-refractivity contribution in [1.29, 1.82) is 5.26 Å². The van der Waals surface area contributed by atoms with Crippen molar-refractivity contribution in [2.75, 3.05) is 0 Å². The fourth-order valence-corrected chi connectivity index (χ4v) is 1.82. The molecule has 1 aromatic carbocycles. The summed E-state index contributed by atoms with van der Waals surface area (Å²) in [6.45, 7) is 1.89. The third-order valence-corrected chi connectivity index (χ3v) is 2.80. The average molecular weight is 247 g/mol. The molecule has 0 saturated heterocycles. The maximum Gasteiger partial charge on any atom is 0.101 e. The molecule has 17 heavy (non-hydrogen) atoms. The molecule has 1 aromatic heterocycles. The topological polar surface area (TPSA) is 67.6 Å². The molecule has 0 bridgehead atoms. The van der Waals surface area contributed by atoms with Gasteiger partial charge in [0.05, 0.1) is 28.8 Å². The van der Waals surface area contributed by atoms with Crippen molar-refractivity contribution < 1.29 is 0 Å². The minimum absolute atomic E-state index is 0.119. The lowest BCUT2D eigenvalue weighted by Gasteiger charge is -2.11. The second kappa shape index (κ2) is 4.58. The van der Waals surface area contributed by atoms with Crippen molar-refractivity contribution in [2.24, 2.45) is 5.73 Å². The molecule has 1 atom stereocenters. The highest BCUT2D eigenvalue weighted by Crippen LogP contribution is 2.22. The molecule has 1 unspecified atom stereocenters. The first-order valence-corrected chi connectivity index (χ1v) is 5.49. The highest BCUT2D eigenvalue weighted by atomic mass is 35.5. The van der Waals surface area contributed by atoms with Crippen LogP contribution in [-0.2, 0) is 0 Å². The summed E-state index contributed by atoms with van der Waals surface area (Å²) in [6.07, 6.45) is 3.40. The largest absolute Gasteiger partial charge is 0.323 e. The number of halogens is 1. The van der Waals surface area contributed by atoms with E-state index < -0.39 is 0 Å². The first-order valence-electron chi connectivity index (χ1n) is 5.11. The van der Waals surface area contributed by atoms with Crippen LogP contribution in [-0.4, -0.2) is 9.55 Å². The molecular formula is C12H11ClN4. The quantitative estimate of drug-likeness (QED) is 0.885. The minimum atomic E-state index is -0.119. The van der Waals surface area contributed by atoms with E-state index in [1.54, 1.807) is 24.7 Å². The van der Waals surface area contributed by atoms with E-state index in [0.29, 0.717) is 10.6 Å². The highest BCUT2D eigenvalue weighted by Gasteiger charge is 2.09. The summed E-state index contributed by atoms with van der Waals surface area (Å²) in [4.78, 5) is 4.07. The van der Waals surface area contributed by atoms with Gasteiger partial charge in [0.25, 0.3) is 0 Å². The number of hydrogen-bond donors (Lipinski definition) is 1. The third kappa shape index (κ3) is 2.16. The van der Waals surface area contributed by atoms with Crippen LogP contribution in [0.1, 0.15) is 24.2 Å². The van der Waals surface area contributed by atoms with Crippen molar-refractivity contribution in [3.8, 4) is 11.8 Å². The molecule has 86 valence electrons. The predicted molar refractivity (Wildman–Crippen MR) is 65.9 cm³/mol. The molecular weight excluding hydrogens is 236 g/mol. The Labute approximate surface area is 104 Å². The Balaban J connectivity index is 2.51. The Kier molecular flexibility index (Phi) is 3.14. The Morgan fingerprint density at radius 3 is 2.88 bits per heavy atom. The standard InChI is InChI=1S/C12H11ClN4/c1-8(15)12-6-16-7-17(12)10-3-2-9(5-14)11(13)4-10/h2-4,6-8H,15H2,1H3. The molecule has 4 nitrogen and oxygen atoms in total. The fraction of sp³-hybridized carbons (Fsp3) is 0.167. The van der Waals surface area contributed by atoms with E-state index in [-0.39, 0.29) is 6.04 Å². The summed E-state index contributed by atoms with van der Waals surface area (Å²) in [5, 5.41) is 9.23. The monoisotopic (exact) mass is 246 g/mol. The smallest absolute Gasteiger partial charge is 0.101 e. The Hall–Kier alpha value is -1.83. The number of nitrogens with zero attached hydrogens (tertiary/aromatic N) is 3. The van der Waals surface area contributed by atoms with Crippen LogP contribution in [0.25, 0.3) is 5.69 Å². The zero-order valence-corrected chi connectivity index (χ0v) is 10.0. The molecule has 1 heterocycles. The lowest BCUT2D eigenvalue weighted by Crippen LogP contribution is -2.10. The molecule has 0 aliphatic rings. The third-order valence-electron chi connectivity index (χ3n) is 2.48. The van der Waals surface area contributed by atoms with Gasteiger partial charge in [0, 0.05) is 11.7 Å². The van der Waals surface area contributed by atoms with Gasteiger partial charge in [-0.05, 0) is 25.1 Å². The summed E-state index contributed by atoms with van der Waals surface area (Å²) in [5.74, 6) is 0. The molecule has 0 spiro atoms. The molecule has 2 aromatic rings. The molecule has 0 aliphatic carbocycles. The SMILES string of the molecule is CC(N)c1cncn1-c1ccc(C#N)c(Cl)c1. The summed E-state index contributed by atoms with van der Waals surface area (Å²) >= 11 is 5.99. The van der Waals surface area contributed by atoms with Crippen molar-refractivity contribution in [2.45, 2.75) is 13.0 Å². The van der Waals surface area contributed by atoms with Crippen molar-refractivity contribution in [1.82, 2.24) is 9.55 Å². The van der Waals surface area contributed by atoms with Gasteiger partial charge in [0.2, 0.25) is 0 Å². The highest BCUT2D eigenvalue weighted by molar-refractivity contribution is 6.31. The van der Waals surface area contributed by atoms with Gasteiger partial charge in [-0.1, -0.05) is 11.6 Å². The fourth-order valence-electron chi connectivity index (χ4n) is 1.60. The van der Waals surface area contributed by atoms with Gasteiger partial charge in [0.15, 0.2) is 0 Å². The average Bonchev–Trinajstić information content (AvgIpc) is 2.77. The number of hydrogen-bond acceptors (Lipinski definition) is 3. The zero-order chi connectivity index (χ0) is 12.4. The van der Waals surface area contributed by atoms with E-state index >= 15 is 0 Å². The molecule has 0 saturated carbocycles. The van der Waals surface area contributed by atoms with E-state index in [0.717, 1.165) is 11.4 Å². The minimum Gasteiger partial charge on any atom is -0.323 e. The first-order chi connectivity index (χ1) is 8.13. The van der Waals surface area contributed by atoms with Gasteiger partial charge < -0.3 is 10.3 Å². The van der Waals surface area contributed by atoms with Crippen LogP contribution in [0, 0.1) is 11.3 Å². The van der Waals surface area contributed by atoms with E-state index in [9.17, 15) is 0 Å². The maximum atomic E-state index is 8.81. The predicted octanol–water partition coefficient (Wildman–Crippen LogP) is 2.42. The molecule has 0 fully saturated rings. The van der Waals surface area contributed by atoms with Crippen LogP contribution >= 0.6 is 11.6 Å². The van der Waals surface area contributed by atoms with Crippen LogP contribution in [0.5, 0.6) is 0 Å². The Morgan fingerprint density at radius 1 is 1.53 bits per heavy atom.